The minimum atomic E-state index is 0.761. The van der Waals surface area contributed by atoms with Crippen molar-refractivity contribution in [2.45, 2.75) is 33.5 Å². The summed E-state index contributed by atoms with van der Waals surface area (Å²) < 4.78 is 0. The van der Waals surface area contributed by atoms with Crippen LogP contribution in [-0.4, -0.2) is 31.5 Å². The number of rotatable bonds is 7. The highest BCUT2D eigenvalue weighted by atomic mass is 15.2. The second-order valence-corrected chi connectivity index (χ2v) is 6.36. The van der Waals surface area contributed by atoms with E-state index in [0.717, 1.165) is 32.1 Å². The lowest BCUT2D eigenvalue weighted by Gasteiger charge is -2.16. The Morgan fingerprint density at radius 2 is 1.72 bits per heavy atom. The molecule has 0 atom stereocenters. The Morgan fingerprint density at radius 1 is 1.00 bits per heavy atom. The molecule has 2 aromatic rings. The van der Waals surface area contributed by atoms with Crippen molar-refractivity contribution in [1.82, 2.24) is 15.5 Å². The van der Waals surface area contributed by atoms with Gasteiger partial charge in [-0.3, -0.25) is 4.99 Å². The van der Waals surface area contributed by atoms with E-state index in [4.69, 9.17) is 0 Å². The molecule has 0 saturated heterocycles. The molecule has 0 aliphatic rings. The summed E-state index contributed by atoms with van der Waals surface area (Å²) in [5.41, 5.74) is 5.18. The van der Waals surface area contributed by atoms with E-state index in [1.165, 1.54) is 22.3 Å². The third-order valence-corrected chi connectivity index (χ3v) is 4.37. The van der Waals surface area contributed by atoms with Crippen molar-refractivity contribution in [1.29, 1.82) is 0 Å². The Balaban J connectivity index is 1.88. The van der Waals surface area contributed by atoms with Gasteiger partial charge in [0.1, 0.15) is 0 Å². The van der Waals surface area contributed by atoms with Crippen molar-refractivity contribution in [3.63, 3.8) is 0 Å². The van der Waals surface area contributed by atoms with Crippen LogP contribution in [0.3, 0.4) is 0 Å². The summed E-state index contributed by atoms with van der Waals surface area (Å²) >= 11 is 0. The highest BCUT2D eigenvalue weighted by Crippen LogP contribution is 2.08. The van der Waals surface area contributed by atoms with Crippen LogP contribution in [0.15, 0.2) is 53.5 Å². The molecule has 0 fully saturated rings. The number of hydrogen-bond acceptors (Lipinski definition) is 2. The van der Waals surface area contributed by atoms with Gasteiger partial charge in [0, 0.05) is 26.7 Å². The second kappa shape index (κ2) is 9.84. The molecule has 0 aliphatic carbocycles. The fraction of sp³-hybridized carbons (Fsp3) is 0.381. The van der Waals surface area contributed by atoms with Gasteiger partial charge in [0.2, 0.25) is 0 Å². The van der Waals surface area contributed by atoms with Gasteiger partial charge >= 0.3 is 0 Å². The van der Waals surface area contributed by atoms with Gasteiger partial charge in [-0.15, -0.1) is 0 Å². The first-order chi connectivity index (χ1) is 12.1. The number of hydrogen-bond donors (Lipinski definition) is 2. The summed E-state index contributed by atoms with van der Waals surface area (Å²) in [5, 5.41) is 6.78. The second-order valence-electron chi connectivity index (χ2n) is 6.36. The Bertz CT molecular complexity index is 694. The van der Waals surface area contributed by atoms with Crippen molar-refractivity contribution < 1.29 is 0 Å². The predicted octanol–water partition coefficient (Wildman–Crippen LogP) is 3.31. The van der Waals surface area contributed by atoms with E-state index in [0.29, 0.717) is 0 Å². The SMILES string of the molecule is CCN(C)Cc1cccc(CNC(=NC)NCc2ccccc2C)c1. The van der Waals surface area contributed by atoms with Crippen LogP contribution in [0.2, 0.25) is 0 Å². The fourth-order valence-corrected chi connectivity index (χ4v) is 2.66. The summed E-state index contributed by atoms with van der Waals surface area (Å²) in [7, 11) is 3.95. The number of nitrogens with zero attached hydrogens (tertiary/aromatic N) is 2. The molecule has 0 aromatic heterocycles. The summed E-state index contributed by atoms with van der Waals surface area (Å²) in [5.74, 6) is 0.819. The molecular formula is C21H30N4. The number of aliphatic imine (C=N–C) groups is 1. The summed E-state index contributed by atoms with van der Waals surface area (Å²) in [6, 6.07) is 17.1. The standard InChI is InChI=1S/C21H30N4/c1-5-25(4)16-19-11-8-10-18(13-19)14-23-21(22-3)24-15-20-12-7-6-9-17(20)2/h6-13H,5,14-16H2,1-4H3,(H2,22,23,24). The molecule has 25 heavy (non-hydrogen) atoms. The Labute approximate surface area is 152 Å². The van der Waals surface area contributed by atoms with Crippen LogP contribution >= 0.6 is 0 Å². The van der Waals surface area contributed by atoms with E-state index in [1.54, 1.807) is 7.05 Å². The summed E-state index contributed by atoms with van der Waals surface area (Å²) in [4.78, 5) is 6.62. The largest absolute Gasteiger partial charge is 0.352 e. The van der Waals surface area contributed by atoms with Gasteiger partial charge in [-0.25, -0.2) is 0 Å². The normalized spacial score (nSPS) is 11.6. The molecule has 2 rings (SSSR count). The van der Waals surface area contributed by atoms with Gasteiger partial charge in [-0.2, -0.15) is 0 Å². The first-order valence-electron chi connectivity index (χ1n) is 8.87. The number of guanidine groups is 1. The van der Waals surface area contributed by atoms with E-state index in [-0.39, 0.29) is 0 Å². The van der Waals surface area contributed by atoms with Gasteiger partial charge in [-0.1, -0.05) is 55.5 Å². The van der Waals surface area contributed by atoms with Crippen molar-refractivity contribution in [3.05, 3.63) is 70.8 Å². The highest BCUT2D eigenvalue weighted by Gasteiger charge is 2.03. The smallest absolute Gasteiger partial charge is 0.191 e. The summed E-state index contributed by atoms with van der Waals surface area (Å²) in [6.45, 7) is 7.87. The average molecular weight is 338 g/mol. The quantitative estimate of drug-likeness (QED) is 0.601. The van der Waals surface area contributed by atoms with Crippen molar-refractivity contribution in [2.75, 3.05) is 20.6 Å². The third kappa shape index (κ3) is 6.24. The van der Waals surface area contributed by atoms with Gasteiger partial charge in [-0.05, 0) is 42.8 Å². The van der Waals surface area contributed by atoms with Crippen LogP contribution < -0.4 is 10.6 Å². The summed E-state index contributed by atoms with van der Waals surface area (Å²) in [6.07, 6.45) is 0. The topological polar surface area (TPSA) is 39.7 Å². The minimum Gasteiger partial charge on any atom is -0.352 e. The van der Waals surface area contributed by atoms with Crippen molar-refractivity contribution in [3.8, 4) is 0 Å². The molecule has 2 aromatic carbocycles. The van der Waals surface area contributed by atoms with Crippen LogP contribution in [0.4, 0.5) is 0 Å². The monoisotopic (exact) mass is 338 g/mol. The van der Waals surface area contributed by atoms with E-state index in [1.807, 2.05) is 0 Å². The van der Waals surface area contributed by atoms with E-state index in [2.05, 4.69) is 90.0 Å². The van der Waals surface area contributed by atoms with Crippen LogP contribution in [0.5, 0.6) is 0 Å². The first kappa shape index (κ1) is 19.0. The fourth-order valence-electron chi connectivity index (χ4n) is 2.66. The van der Waals surface area contributed by atoms with Crippen LogP contribution in [-0.2, 0) is 19.6 Å². The molecule has 0 unspecified atom stereocenters. The van der Waals surface area contributed by atoms with Crippen LogP contribution in [0.1, 0.15) is 29.2 Å². The predicted molar refractivity (Wildman–Crippen MR) is 107 cm³/mol. The molecular weight excluding hydrogens is 308 g/mol. The molecule has 4 nitrogen and oxygen atoms in total. The molecule has 0 radical (unpaired) electrons. The highest BCUT2D eigenvalue weighted by molar-refractivity contribution is 5.79. The lowest BCUT2D eigenvalue weighted by atomic mass is 10.1. The first-order valence-corrected chi connectivity index (χ1v) is 8.87. The Hall–Kier alpha value is -2.33. The number of benzene rings is 2. The van der Waals surface area contributed by atoms with Gasteiger partial charge < -0.3 is 15.5 Å². The molecule has 134 valence electrons. The molecule has 0 bridgehead atoms. The van der Waals surface area contributed by atoms with Gasteiger partial charge in [0.05, 0.1) is 0 Å². The molecule has 0 saturated carbocycles. The molecule has 4 heteroatoms. The average Bonchev–Trinajstić information content (AvgIpc) is 2.63. The Kier molecular flexibility index (Phi) is 7.48. The van der Waals surface area contributed by atoms with E-state index < -0.39 is 0 Å². The van der Waals surface area contributed by atoms with E-state index >= 15 is 0 Å². The van der Waals surface area contributed by atoms with Gasteiger partial charge in [0.15, 0.2) is 5.96 Å². The minimum absolute atomic E-state index is 0.761. The molecule has 0 amide bonds. The maximum Gasteiger partial charge on any atom is 0.191 e. The van der Waals surface area contributed by atoms with Crippen molar-refractivity contribution >= 4 is 5.96 Å². The molecule has 0 heterocycles. The maximum atomic E-state index is 4.32. The van der Waals surface area contributed by atoms with Crippen molar-refractivity contribution in [2.24, 2.45) is 4.99 Å². The molecule has 0 spiro atoms. The third-order valence-electron chi connectivity index (χ3n) is 4.37. The zero-order valence-corrected chi connectivity index (χ0v) is 15.8. The molecule has 0 aliphatic heterocycles. The zero-order chi connectivity index (χ0) is 18.1. The lowest BCUT2D eigenvalue weighted by Crippen LogP contribution is -2.36. The number of aryl methyl sites for hydroxylation is 1. The van der Waals surface area contributed by atoms with E-state index in [9.17, 15) is 0 Å². The Morgan fingerprint density at radius 3 is 2.44 bits per heavy atom. The maximum absolute atomic E-state index is 4.32. The lowest BCUT2D eigenvalue weighted by molar-refractivity contribution is 0.345. The van der Waals surface area contributed by atoms with Crippen LogP contribution in [0.25, 0.3) is 0 Å². The van der Waals surface area contributed by atoms with Crippen LogP contribution in [0, 0.1) is 6.92 Å². The van der Waals surface area contributed by atoms with Gasteiger partial charge in [0.25, 0.3) is 0 Å². The number of nitrogens with one attached hydrogen (secondary N) is 2. The molecule has 2 N–H and O–H groups in total. The zero-order valence-electron chi connectivity index (χ0n) is 15.8.